The van der Waals surface area contributed by atoms with Crippen molar-refractivity contribution in [2.75, 3.05) is 66.1 Å². The van der Waals surface area contributed by atoms with Gasteiger partial charge in [0.25, 0.3) is 0 Å². The van der Waals surface area contributed by atoms with Gasteiger partial charge in [-0.25, -0.2) is 0 Å². The first-order valence-corrected chi connectivity index (χ1v) is 27.8. The average molecular weight is 1250 g/mol. The first-order valence-electron chi connectivity index (χ1n) is 24.7. The molecule has 6 atom stereocenters. The summed E-state index contributed by atoms with van der Waals surface area (Å²) >= 11 is 16.7. The molecule has 2 aliphatic rings. The van der Waals surface area contributed by atoms with Gasteiger partial charge >= 0.3 is 0 Å². The highest BCUT2D eigenvalue weighted by Crippen LogP contribution is 2.75. The van der Waals surface area contributed by atoms with E-state index in [9.17, 15) is 9.59 Å². The second-order valence-corrected chi connectivity index (χ2v) is 21.5. The maximum atomic E-state index is 13.6. The van der Waals surface area contributed by atoms with Crippen LogP contribution in [0.2, 0.25) is 0 Å². The van der Waals surface area contributed by atoms with Gasteiger partial charge in [-0.05, 0) is 181 Å². The zero-order valence-corrected chi connectivity index (χ0v) is 50.5. The Hall–Kier alpha value is -1.74. The van der Waals surface area contributed by atoms with E-state index in [0.717, 1.165) is 0 Å². The van der Waals surface area contributed by atoms with Gasteiger partial charge in [-0.3, -0.25) is 9.59 Å². The minimum atomic E-state index is -1.90. The van der Waals surface area contributed by atoms with E-state index in [1.165, 1.54) is 0 Å². The van der Waals surface area contributed by atoms with Crippen molar-refractivity contribution in [1.29, 1.82) is 0 Å². The van der Waals surface area contributed by atoms with Gasteiger partial charge < -0.3 is 47.4 Å². The number of benzene rings is 2. The smallest absolute Gasteiger partial charge is 0.245 e. The predicted octanol–water partition coefficient (Wildman–Crippen LogP) is 13.3. The molecule has 71 heavy (non-hydrogen) atoms. The Balaban J connectivity index is 2.59. The molecule has 0 aliphatic heterocycles. The summed E-state index contributed by atoms with van der Waals surface area (Å²) in [7, 11) is 0. The van der Waals surface area contributed by atoms with Gasteiger partial charge in [-0.2, -0.15) is 0 Å². The van der Waals surface area contributed by atoms with Crippen LogP contribution >= 0.6 is 63.7 Å². The van der Waals surface area contributed by atoms with Gasteiger partial charge in [-0.15, -0.1) is 0 Å². The summed E-state index contributed by atoms with van der Waals surface area (Å²) in [6.07, 6.45) is 3.89. The summed E-state index contributed by atoms with van der Waals surface area (Å²) in [6.45, 7) is 35.5. The number of rotatable bonds is 28. The van der Waals surface area contributed by atoms with Gasteiger partial charge in [0.05, 0.1) is 8.96 Å². The zero-order valence-electron chi connectivity index (χ0n) is 44.2. The summed E-state index contributed by atoms with van der Waals surface area (Å²) in [5.41, 5.74) is -6.37. The van der Waals surface area contributed by atoms with Gasteiger partial charge in [-0.1, -0.05) is 75.5 Å². The summed E-state index contributed by atoms with van der Waals surface area (Å²) in [5.74, 6) is -3.98. The lowest BCUT2D eigenvalue weighted by Gasteiger charge is -2.72. The molecule has 0 N–H and O–H groups in total. The van der Waals surface area contributed by atoms with Crippen LogP contribution in [0.25, 0.3) is 0 Å². The lowest BCUT2D eigenvalue weighted by atomic mass is 9.46. The van der Waals surface area contributed by atoms with E-state index in [1.807, 2.05) is 120 Å². The third-order valence-electron chi connectivity index (χ3n) is 13.4. The number of carbonyl (C=O) groups is 2. The molecule has 0 radical (unpaired) electrons. The van der Waals surface area contributed by atoms with Crippen LogP contribution in [0.4, 0.5) is 0 Å². The molecule has 396 valence electrons. The van der Waals surface area contributed by atoms with E-state index in [1.54, 1.807) is 38.1 Å². The number of hydrogen-bond donors (Lipinski definition) is 0. The molecule has 0 amide bonds. The van der Waals surface area contributed by atoms with E-state index in [0.29, 0.717) is 42.4 Å². The molecule has 0 spiro atoms. The standard InChI is InChI=1S/C55H76Br4O12/c1-17-62-48(35-43(56)52(66-21-5,67-22-6)54(58,70-25-9)50(48,64-19-3)41-31-27-39(28-32-41)45(60)37(11)12)47(15,16)49(63-18-2)36-44(57)53(68-23-7,69-24-8)55(59,71-26-10)51(49,65-20-4)42-33-29-40(30-34-42)46(61)38(13)14/h27-36H,11,13,17-26H2,1-10,12,14-16H3. The number of allylic oxidation sites excluding steroid dienone is 2. The van der Waals surface area contributed by atoms with E-state index < -0.39 is 48.4 Å². The molecule has 0 fully saturated rings. The molecule has 0 bridgehead atoms. The van der Waals surface area contributed by atoms with Crippen molar-refractivity contribution >= 4 is 75.3 Å². The average Bonchev–Trinajstić information content (AvgIpc) is 3.33. The minimum absolute atomic E-state index is 0.0899. The van der Waals surface area contributed by atoms with E-state index in [2.05, 4.69) is 76.9 Å². The highest BCUT2D eigenvalue weighted by molar-refractivity contribution is 9.12. The quantitative estimate of drug-likeness (QED) is 0.0348. The fraction of sp³-hybridized carbons (Fsp3) is 0.600. The Bertz CT molecular complexity index is 2100. The molecule has 2 aromatic carbocycles. The summed E-state index contributed by atoms with van der Waals surface area (Å²) < 4.78 is 69.6. The van der Waals surface area contributed by atoms with Crippen molar-refractivity contribution in [3.8, 4) is 0 Å². The first-order chi connectivity index (χ1) is 33.5. The van der Waals surface area contributed by atoms with Gasteiger partial charge in [0.15, 0.2) is 22.8 Å². The SMILES string of the molecule is C=C(C)C(=O)c1ccc(C2(OCC)C(Br)(OCC)C(OCC)(OCC)C(Br)=CC2(OCC)C(C)(C)C2(OCC)C=C(Br)C(OCC)(OCC)C(Br)(OCC)C2(OCC)c2ccc(C(=O)C(=C)C)cc2)cc1. The second kappa shape index (κ2) is 24.5. The topological polar surface area (TPSA) is 126 Å². The first kappa shape index (κ1) is 61.8. The molecule has 0 aromatic heterocycles. The monoisotopic (exact) mass is 1240 g/mol. The normalized spacial score (nSPS) is 28.3. The number of alkyl halides is 2. The number of carbonyl (C=O) groups excluding carboxylic acids is 2. The van der Waals surface area contributed by atoms with E-state index in [-0.39, 0.29) is 77.6 Å². The largest absolute Gasteiger partial charge is 0.367 e. The van der Waals surface area contributed by atoms with Gasteiger partial charge in [0.1, 0.15) is 11.2 Å². The Labute approximate surface area is 456 Å². The predicted molar refractivity (Wildman–Crippen MR) is 293 cm³/mol. The van der Waals surface area contributed by atoms with Crippen molar-refractivity contribution in [3.05, 3.63) is 116 Å². The Kier molecular flexibility index (Phi) is 21.3. The molecule has 6 unspecified atom stereocenters. The number of ether oxygens (including phenoxy) is 10. The van der Waals surface area contributed by atoms with Crippen LogP contribution in [-0.4, -0.2) is 109 Å². The fourth-order valence-electron chi connectivity index (χ4n) is 11.0. The zero-order chi connectivity index (χ0) is 53.5. The van der Waals surface area contributed by atoms with Crippen LogP contribution in [0, 0.1) is 5.41 Å². The molecule has 12 nitrogen and oxygen atoms in total. The molecule has 16 heteroatoms. The highest BCUT2D eigenvalue weighted by atomic mass is 79.9. The van der Waals surface area contributed by atoms with Gasteiger partial charge in [0, 0.05) is 82.6 Å². The molecule has 0 saturated carbocycles. The third-order valence-corrected chi connectivity index (χ3v) is 17.5. The Morgan fingerprint density at radius 3 is 0.930 bits per heavy atom. The maximum Gasteiger partial charge on any atom is 0.245 e. The number of Topliss-reactive ketones (excluding diaryl/α,β-unsaturated/α-hetero) is 2. The van der Waals surface area contributed by atoms with Crippen molar-refractivity contribution in [2.45, 2.75) is 140 Å². The van der Waals surface area contributed by atoms with Crippen LogP contribution in [0.1, 0.15) is 129 Å². The Morgan fingerprint density at radius 1 is 0.451 bits per heavy atom. The molecule has 0 saturated heterocycles. The van der Waals surface area contributed by atoms with Crippen molar-refractivity contribution in [2.24, 2.45) is 5.41 Å². The number of halogens is 4. The van der Waals surface area contributed by atoms with Crippen LogP contribution in [-0.2, 0) is 58.6 Å². The summed E-state index contributed by atoms with van der Waals surface area (Å²) in [6, 6.07) is 14.4. The summed E-state index contributed by atoms with van der Waals surface area (Å²) in [5, 5.41) is 0. The fourth-order valence-corrected chi connectivity index (χ4v) is 15.8. The van der Waals surface area contributed by atoms with E-state index in [4.69, 9.17) is 47.4 Å². The number of ketones is 2. The molecule has 0 heterocycles. The lowest BCUT2D eigenvalue weighted by Crippen LogP contribution is -2.86. The molecule has 4 rings (SSSR count). The van der Waals surface area contributed by atoms with Crippen LogP contribution in [0.5, 0.6) is 0 Å². The minimum Gasteiger partial charge on any atom is -0.367 e. The Morgan fingerprint density at radius 2 is 0.704 bits per heavy atom. The van der Waals surface area contributed by atoms with Gasteiger partial charge in [0.2, 0.25) is 20.6 Å². The second-order valence-electron chi connectivity index (χ2n) is 17.6. The molecule has 2 aromatic rings. The molecular formula is C55H76Br4O12. The van der Waals surface area contributed by atoms with E-state index >= 15 is 0 Å². The van der Waals surface area contributed by atoms with Crippen LogP contribution < -0.4 is 0 Å². The number of hydrogen-bond acceptors (Lipinski definition) is 12. The van der Waals surface area contributed by atoms with Crippen LogP contribution in [0.3, 0.4) is 0 Å². The molecular weight excluding hydrogens is 1170 g/mol. The van der Waals surface area contributed by atoms with Crippen LogP contribution in [0.15, 0.2) is 94.0 Å². The molecule has 2 aliphatic carbocycles. The summed E-state index contributed by atoms with van der Waals surface area (Å²) in [4.78, 5) is 27.2. The van der Waals surface area contributed by atoms with Crippen molar-refractivity contribution in [3.63, 3.8) is 0 Å². The highest BCUT2D eigenvalue weighted by Gasteiger charge is 2.88. The van der Waals surface area contributed by atoms with Crippen molar-refractivity contribution < 1.29 is 57.0 Å². The maximum absolute atomic E-state index is 13.6. The lowest BCUT2D eigenvalue weighted by molar-refractivity contribution is -0.404. The van der Waals surface area contributed by atoms with Crippen molar-refractivity contribution in [1.82, 2.24) is 0 Å². The third kappa shape index (κ3) is 9.22.